The Bertz CT molecular complexity index is 721. The Hall–Kier alpha value is -1.68. The molecular formula is C15H19BrClN5O3. The van der Waals surface area contributed by atoms with E-state index < -0.39 is 17.7 Å². The van der Waals surface area contributed by atoms with Gasteiger partial charge >= 0.3 is 0 Å². The zero-order valence-corrected chi connectivity index (χ0v) is 15.9. The molecule has 25 heavy (non-hydrogen) atoms. The molecular weight excluding hydrogens is 414 g/mol. The van der Waals surface area contributed by atoms with Crippen LogP contribution in [0.1, 0.15) is 21.8 Å². The molecule has 3 rings (SSSR count). The van der Waals surface area contributed by atoms with Gasteiger partial charge in [0.25, 0.3) is 11.8 Å². The standard InChI is InChI=1S/C15H18BrN5O3.ClH/c1-20-2-4-21(5-3-20)15(24)8-6-9(16)11-10(7-8)18-13(22)12(11)14(23)19-17;/h6-7,12H,2-5,17H2,1H3,(H,18,22)(H,19,23);1H. The van der Waals surface area contributed by atoms with Crippen LogP contribution < -0.4 is 16.6 Å². The second-order valence-electron chi connectivity index (χ2n) is 5.95. The maximum Gasteiger partial charge on any atom is 0.254 e. The summed E-state index contributed by atoms with van der Waals surface area (Å²) in [5.74, 6) is 2.98. The molecule has 3 amide bonds. The molecule has 2 heterocycles. The van der Waals surface area contributed by atoms with E-state index in [9.17, 15) is 14.4 Å². The van der Waals surface area contributed by atoms with Crippen molar-refractivity contribution in [3.8, 4) is 0 Å². The highest BCUT2D eigenvalue weighted by atomic mass is 79.9. The van der Waals surface area contributed by atoms with Crippen LogP contribution in [-0.2, 0) is 9.59 Å². The minimum atomic E-state index is -1.02. The molecule has 0 bridgehead atoms. The van der Waals surface area contributed by atoms with Gasteiger partial charge in [0.1, 0.15) is 5.92 Å². The molecule has 136 valence electrons. The topological polar surface area (TPSA) is 108 Å². The number of nitrogens with one attached hydrogen (secondary N) is 2. The van der Waals surface area contributed by atoms with Crippen molar-refractivity contribution in [2.45, 2.75) is 5.92 Å². The molecule has 1 unspecified atom stereocenters. The van der Waals surface area contributed by atoms with E-state index in [2.05, 4.69) is 26.1 Å². The summed E-state index contributed by atoms with van der Waals surface area (Å²) in [6.45, 7) is 2.98. The van der Waals surface area contributed by atoms with Crippen LogP contribution in [0.5, 0.6) is 0 Å². The molecule has 8 nitrogen and oxygen atoms in total. The monoisotopic (exact) mass is 431 g/mol. The summed E-state index contributed by atoms with van der Waals surface area (Å²) in [5, 5.41) is 2.64. The molecule has 2 aliphatic rings. The van der Waals surface area contributed by atoms with Gasteiger partial charge in [0.2, 0.25) is 5.91 Å². The Morgan fingerprint density at radius 3 is 2.52 bits per heavy atom. The minimum absolute atomic E-state index is 0. The first-order valence-corrected chi connectivity index (χ1v) is 8.34. The summed E-state index contributed by atoms with van der Waals surface area (Å²) in [4.78, 5) is 40.5. The van der Waals surface area contributed by atoms with E-state index in [0.717, 1.165) is 13.1 Å². The number of fused-ring (bicyclic) bond motifs is 1. The molecule has 10 heteroatoms. The number of piperazine rings is 1. The van der Waals surface area contributed by atoms with Crippen molar-refractivity contribution in [3.63, 3.8) is 0 Å². The van der Waals surface area contributed by atoms with Gasteiger partial charge in [-0.1, -0.05) is 15.9 Å². The van der Waals surface area contributed by atoms with Gasteiger partial charge in [0.05, 0.1) is 0 Å². The van der Waals surface area contributed by atoms with E-state index >= 15 is 0 Å². The van der Waals surface area contributed by atoms with Crippen LogP contribution in [0.4, 0.5) is 5.69 Å². The number of hydrogen-bond acceptors (Lipinski definition) is 5. The van der Waals surface area contributed by atoms with Crippen molar-refractivity contribution in [1.82, 2.24) is 15.2 Å². The number of halogens is 2. The Morgan fingerprint density at radius 2 is 1.92 bits per heavy atom. The average molecular weight is 433 g/mol. The molecule has 4 N–H and O–H groups in total. The van der Waals surface area contributed by atoms with Gasteiger partial charge in [-0.3, -0.25) is 19.8 Å². The molecule has 0 spiro atoms. The molecule has 0 aromatic heterocycles. The number of carbonyl (C=O) groups is 3. The van der Waals surface area contributed by atoms with Gasteiger partial charge in [-0.05, 0) is 19.2 Å². The van der Waals surface area contributed by atoms with Crippen molar-refractivity contribution in [1.29, 1.82) is 0 Å². The van der Waals surface area contributed by atoms with Crippen LogP contribution in [0.3, 0.4) is 0 Å². The lowest BCUT2D eigenvalue weighted by Gasteiger charge is -2.32. The number of hydrogen-bond donors (Lipinski definition) is 3. The Morgan fingerprint density at radius 1 is 1.28 bits per heavy atom. The molecule has 2 aliphatic heterocycles. The number of nitrogens with two attached hydrogens (primary N) is 1. The number of hydrazine groups is 1. The quantitative estimate of drug-likeness (QED) is 0.269. The SMILES string of the molecule is CN1CCN(C(=O)c2cc(Br)c3c(c2)NC(=O)C3C(=O)NN)CC1.Cl. The third-order valence-corrected chi connectivity index (χ3v) is 5.04. The number of nitrogens with zero attached hydrogens (tertiary/aromatic N) is 2. The predicted molar refractivity (Wildman–Crippen MR) is 98.5 cm³/mol. The maximum absolute atomic E-state index is 12.7. The van der Waals surface area contributed by atoms with Crippen LogP contribution in [0, 0.1) is 0 Å². The van der Waals surface area contributed by atoms with Crippen molar-refractivity contribution in [2.75, 3.05) is 38.5 Å². The summed E-state index contributed by atoms with van der Waals surface area (Å²) < 4.78 is 0.532. The first-order chi connectivity index (χ1) is 11.4. The average Bonchev–Trinajstić information content (AvgIpc) is 2.90. The Kier molecular flexibility index (Phi) is 6.04. The van der Waals surface area contributed by atoms with Gasteiger partial charge in [0.15, 0.2) is 0 Å². The fourth-order valence-corrected chi connectivity index (χ4v) is 3.69. The molecule has 0 radical (unpaired) electrons. The molecule has 1 fully saturated rings. The zero-order valence-electron chi connectivity index (χ0n) is 13.5. The molecule has 1 saturated heterocycles. The second kappa shape index (κ2) is 7.69. The van der Waals surface area contributed by atoms with E-state index in [1.807, 2.05) is 12.5 Å². The lowest BCUT2D eigenvalue weighted by Crippen LogP contribution is -2.47. The molecule has 0 saturated carbocycles. The van der Waals surface area contributed by atoms with Gasteiger partial charge in [-0.25, -0.2) is 5.84 Å². The van der Waals surface area contributed by atoms with Crippen LogP contribution in [0.15, 0.2) is 16.6 Å². The fourth-order valence-electron chi connectivity index (χ4n) is 3.00. The van der Waals surface area contributed by atoms with Crippen LogP contribution in [0.25, 0.3) is 0 Å². The summed E-state index contributed by atoms with van der Waals surface area (Å²) in [6.07, 6.45) is 0. The highest BCUT2D eigenvalue weighted by Gasteiger charge is 2.38. The first-order valence-electron chi connectivity index (χ1n) is 7.55. The summed E-state index contributed by atoms with van der Waals surface area (Å²) in [5.41, 5.74) is 3.43. The number of rotatable bonds is 2. The largest absolute Gasteiger partial charge is 0.336 e. The van der Waals surface area contributed by atoms with E-state index in [-0.39, 0.29) is 18.3 Å². The lowest BCUT2D eigenvalue weighted by atomic mass is 9.98. The Labute approximate surface area is 159 Å². The van der Waals surface area contributed by atoms with Gasteiger partial charge in [-0.15, -0.1) is 12.4 Å². The number of anilines is 1. The first kappa shape index (κ1) is 19.6. The minimum Gasteiger partial charge on any atom is -0.336 e. The molecule has 1 aromatic rings. The Balaban J connectivity index is 0.00000225. The van der Waals surface area contributed by atoms with Gasteiger partial charge in [0, 0.05) is 47.5 Å². The third-order valence-electron chi connectivity index (χ3n) is 4.38. The van der Waals surface area contributed by atoms with Crippen LogP contribution >= 0.6 is 28.3 Å². The zero-order chi connectivity index (χ0) is 17.4. The van der Waals surface area contributed by atoms with E-state index in [1.54, 1.807) is 17.0 Å². The van der Waals surface area contributed by atoms with Crippen LogP contribution in [0.2, 0.25) is 0 Å². The van der Waals surface area contributed by atoms with E-state index in [1.165, 1.54) is 0 Å². The van der Waals surface area contributed by atoms with Crippen molar-refractivity contribution >= 4 is 51.7 Å². The summed E-state index contributed by atoms with van der Waals surface area (Å²) in [6, 6.07) is 3.26. The lowest BCUT2D eigenvalue weighted by molar-refractivity contribution is -0.128. The highest BCUT2D eigenvalue weighted by Crippen LogP contribution is 2.39. The highest BCUT2D eigenvalue weighted by molar-refractivity contribution is 9.10. The summed E-state index contributed by atoms with van der Waals surface area (Å²) in [7, 11) is 2.02. The number of benzene rings is 1. The predicted octanol–water partition coefficient (Wildman–Crippen LogP) is 0.284. The second-order valence-corrected chi connectivity index (χ2v) is 6.80. The number of carbonyl (C=O) groups excluding carboxylic acids is 3. The van der Waals surface area contributed by atoms with Crippen molar-refractivity contribution in [2.24, 2.45) is 5.84 Å². The number of likely N-dealkylation sites (N-methyl/N-ethyl adjacent to an activating group) is 1. The molecule has 1 atom stereocenters. The third kappa shape index (κ3) is 3.64. The molecule has 1 aromatic carbocycles. The van der Waals surface area contributed by atoms with E-state index in [0.29, 0.717) is 34.4 Å². The normalized spacial score (nSPS) is 19.7. The summed E-state index contributed by atoms with van der Waals surface area (Å²) >= 11 is 3.37. The van der Waals surface area contributed by atoms with Crippen LogP contribution in [-0.4, -0.2) is 60.7 Å². The van der Waals surface area contributed by atoms with E-state index in [4.69, 9.17) is 5.84 Å². The maximum atomic E-state index is 12.7. The van der Waals surface area contributed by atoms with Gasteiger partial charge in [-0.2, -0.15) is 0 Å². The number of amides is 3. The van der Waals surface area contributed by atoms with Crippen molar-refractivity contribution < 1.29 is 14.4 Å². The van der Waals surface area contributed by atoms with Gasteiger partial charge < -0.3 is 15.1 Å². The van der Waals surface area contributed by atoms with Crippen molar-refractivity contribution in [3.05, 3.63) is 27.7 Å². The smallest absolute Gasteiger partial charge is 0.254 e. The molecule has 0 aliphatic carbocycles. The fraction of sp³-hybridized carbons (Fsp3) is 0.400.